The van der Waals surface area contributed by atoms with E-state index in [-0.39, 0.29) is 18.0 Å². The van der Waals surface area contributed by atoms with Crippen LogP contribution in [0.5, 0.6) is 11.8 Å². The fourth-order valence-corrected chi connectivity index (χ4v) is 1.74. The second kappa shape index (κ2) is 7.62. The maximum absolute atomic E-state index is 12.2. The zero-order chi connectivity index (χ0) is 17.6. The van der Waals surface area contributed by atoms with Crippen molar-refractivity contribution >= 4 is 5.91 Å². The maximum Gasteiger partial charge on any atom is 0.422 e. The lowest BCUT2D eigenvalue weighted by atomic mass is 10.2. The molecule has 2 rings (SSSR count). The van der Waals surface area contributed by atoms with Crippen LogP contribution >= 0.6 is 0 Å². The van der Waals surface area contributed by atoms with E-state index in [9.17, 15) is 18.0 Å². The minimum atomic E-state index is -4.51. The number of pyridine rings is 2. The molecular weight excluding hydrogens is 327 g/mol. The van der Waals surface area contributed by atoms with E-state index in [4.69, 9.17) is 4.74 Å². The van der Waals surface area contributed by atoms with Crippen molar-refractivity contribution in [1.82, 2.24) is 15.3 Å². The summed E-state index contributed by atoms with van der Waals surface area (Å²) in [4.78, 5) is 19.8. The Morgan fingerprint density at radius 1 is 1.25 bits per heavy atom. The summed E-state index contributed by atoms with van der Waals surface area (Å²) < 4.78 is 46.2. The van der Waals surface area contributed by atoms with Gasteiger partial charge in [0.25, 0.3) is 5.91 Å². The van der Waals surface area contributed by atoms with Gasteiger partial charge in [-0.3, -0.25) is 4.79 Å². The van der Waals surface area contributed by atoms with E-state index in [0.29, 0.717) is 11.4 Å². The van der Waals surface area contributed by atoms with Crippen LogP contribution in [-0.2, 0) is 6.54 Å². The Hall–Kier alpha value is -2.84. The number of carbonyl (C=O) groups is 1. The lowest BCUT2D eigenvalue weighted by Gasteiger charge is -2.12. The number of hydrogen-bond donors (Lipinski definition) is 1. The molecule has 128 valence electrons. The summed E-state index contributed by atoms with van der Waals surface area (Å²) in [5.74, 6) is -0.545. The molecule has 0 saturated carbocycles. The number of nitrogens with one attached hydrogen (secondary N) is 1. The summed E-state index contributed by atoms with van der Waals surface area (Å²) in [6.07, 6.45) is -1.75. The van der Waals surface area contributed by atoms with E-state index >= 15 is 0 Å². The largest absolute Gasteiger partial charge is 0.481 e. The quantitative estimate of drug-likeness (QED) is 0.873. The van der Waals surface area contributed by atoms with E-state index in [0.717, 1.165) is 0 Å². The van der Waals surface area contributed by atoms with Gasteiger partial charge in [0.15, 0.2) is 6.61 Å². The molecule has 2 aromatic heterocycles. The molecular formula is C15H14F3N3O3. The molecule has 0 aromatic carbocycles. The lowest BCUT2D eigenvalue weighted by molar-refractivity contribution is -0.154. The smallest absolute Gasteiger partial charge is 0.422 e. The van der Waals surface area contributed by atoms with Crippen LogP contribution < -0.4 is 14.8 Å². The third-order valence-electron chi connectivity index (χ3n) is 2.85. The zero-order valence-corrected chi connectivity index (χ0v) is 12.6. The second-order valence-corrected chi connectivity index (χ2v) is 4.65. The number of amides is 1. The first-order valence-electron chi connectivity index (χ1n) is 6.81. The SMILES string of the molecule is COc1ccc(CNC(=O)c2cccnc2OCC(F)(F)F)cn1. The van der Waals surface area contributed by atoms with Crippen molar-refractivity contribution in [3.05, 3.63) is 47.8 Å². The van der Waals surface area contributed by atoms with E-state index in [1.807, 2.05) is 0 Å². The Labute approximate surface area is 135 Å². The van der Waals surface area contributed by atoms with Crippen LogP contribution in [0, 0.1) is 0 Å². The van der Waals surface area contributed by atoms with Crippen molar-refractivity contribution in [2.24, 2.45) is 0 Å². The molecule has 0 unspecified atom stereocenters. The number of aromatic nitrogens is 2. The first-order chi connectivity index (χ1) is 11.4. The zero-order valence-electron chi connectivity index (χ0n) is 12.6. The van der Waals surface area contributed by atoms with Gasteiger partial charge in [0.1, 0.15) is 5.56 Å². The second-order valence-electron chi connectivity index (χ2n) is 4.65. The van der Waals surface area contributed by atoms with Crippen molar-refractivity contribution in [3.63, 3.8) is 0 Å². The van der Waals surface area contributed by atoms with Gasteiger partial charge in [0, 0.05) is 25.0 Å². The molecule has 0 aliphatic carbocycles. The Kier molecular flexibility index (Phi) is 5.56. The predicted octanol–water partition coefficient (Wildman–Crippen LogP) is 2.36. The van der Waals surface area contributed by atoms with E-state index in [1.165, 1.54) is 31.6 Å². The molecule has 2 heterocycles. The summed E-state index contributed by atoms with van der Waals surface area (Å²) >= 11 is 0. The first kappa shape index (κ1) is 17.5. The summed E-state index contributed by atoms with van der Waals surface area (Å²) in [5.41, 5.74) is 0.619. The Morgan fingerprint density at radius 3 is 2.67 bits per heavy atom. The molecule has 0 radical (unpaired) electrons. The van der Waals surface area contributed by atoms with Crippen LogP contribution in [0.25, 0.3) is 0 Å². The minimum absolute atomic E-state index is 0.0804. The summed E-state index contributed by atoms with van der Waals surface area (Å²) in [6, 6.07) is 6.10. The molecule has 0 atom stereocenters. The van der Waals surface area contributed by atoms with Gasteiger partial charge in [0.2, 0.25) is 11.8 Å². The number of hydrogen-bond acceptors (Lipinski definition) is 5. The fourth-order valence-electron chi connectivity index (χ4n) is 1.74. The van der Waals surface area contributed by atoms with Crippen LogP contribution in [0.4, 0.5) is 13.2 Å². The van der Waals surface area contributed by atoms with Crippen LogP contribution in [0.1, 0.15) is 15.9 Å². The highest BCUT2D eigenvalue weighted by molar-refractivity contribution is 5.96. The number of halogens is 3. The molecule has 9 heteroatoms. The summed E-state index contributed by atoms with van der Waals surface area (Å²) in [5, 5.41) is 2.57. The number of rotatable bonds is 6. The first-order valence-corrected chi connectivity index (χ1v) is 6.81. The van der Waals surface area contributed by atoms with E-state index in [2.05, 4.69) is 20.0 Å². The van der Waals surface area contributed by atoms with Crippen molar-refractivity contribution in [3.8, 4) is 11.8 Å². The normalized spacial score (nSPS) is 11.0. The van der Waals surface area contributed by atoms with Crippen molar-refractivity contribution in [2.45, 2.75) is 12.7 Å². The van der Waals surface area contributed by atoms with Crippen LogP contribution in [0.15, 0.2) is 36.7 Å². The average molecular weight is 341 g/mol. The highest BCUT2D eigenvalue weighted by Crippen LogP contribution is 2.20. The topological polar surface area (TPSA) is 73.3 Å². The van der Waals surface area contributed by atoms with E-state index < -0.39 is 18.7 Å². The standard InChI is InChI=1S/C15H14F3N3O3/c1-23-12-5-4-10(7-20-12)8-21-13(22)11-3-2-6-19-14(11)24-9-15(16,17)18/h2-7H,8-9H2,1H3,(H,21,22). The average Bonchev–Trinajstić information content (AvgIpc) is 2.58. The molecule has 2 aromatic rings. The van der Waals surface area contributed by atoms with Gasteiger partial charge in [-0.15, -0.1) is 0 Å². The highest BCUT2D eigenvalue weighted by Gasteiger charge is 2.29. The molecule has 0 spiro atoms. The van der Waals surface area contributed by atoms with Gasteiger partial charge in [-0.2, -0.15) is 13.2 Å². The Bertz CT molecular complexity index is 690. The van der Waals surface area contributed by atoms with Gasteiger partial charge < -0.3 is 14.8 Å². The minimum Gasteiger partial charge on any atom is -0.481 e. The van der Waals surface area contributed by atoms with Crippen LogP contribution in [0.2, 0.25) is 0 Å². The van der Waals surface area contributed by atoms with Gasteiger partial charge in [-0.1, -0.05) is 6.07 Å². The molecule has 6 nitrogen and oxygen atoms in total. The van der Waals surface area contributed by atoms with Crippen molar-refractivity contribution in [1.29, 1.82) is 0 Å². The molecule has 0 bridgehead atoms. The molecule has 0 aliphatic rings. The maximum atomic E-state index is 12.2. The third kappa shape index (κ3) is 5.11. The molecule has 1 amide bonds. The molecule has 0 saturated heterocycles. The Balaban J connectivity index is 2.01. The van der Waals surface area contributed by atoms with Crippen molar-refractivity contribution in [2.75, 3.05) is 13.7 Å². The van der Waals surface area contributed by atoms with Gasteiger partial charge in [-0.25, -0.2) is 9.97 Å². The molecule has 0 aliphatic heterocycles. The fraction of sp³-hybridized carbons (Fsp3) is 0.267. The number of carbonyl (C=O) groups excluding carboxylic acids is 1. The number of ether oxygens (including phenoxy) is 2. The van der Waals surface area contributed by atoms with Gasteiger partial charge >= 0.3 is 6.18 Å². The lowest BCUT2D eigenvalue weighted by Crippen LogP contribution is -2.25. The van der Waals surface area contributed by atoms with Crippen LogP contribution in [-0.4, -0.2) is 35.8 Å². The monoisotopic (exact) mass is 341 g/mol. The van der Waals surface area contributed by atoms with Gasteiger partial charge in [-0.05, 0) is 17.7 Å². The molecule has 1 N–H and O–H groups in total. The number of alkyl halides is 3. The van der Waals surface area contributed by atoms with Gasteiger partial charge in [0.05, 0.1) is 7.11 Å². The predicted molar refractivity (Wildman–Crippen MR) is 77.7 cm³/mol. The summed E-state index contributed by atoms with van der Waals surface area (Å²) in [7, 11) is 1.48. The highest BCUT2D eigenvalue weighted by atomic mass is 19.4. The number of nitrogens with zero attached hydrogens (tertiary/aromatic N) is 2. The third-order valence-corrected chi connectivity index (χ3v) is 2.85. The molecule has 24 heavy (non-hydrogen) atoms. The van der Waals surface area contributed by atoms with Crippen LogP contribution in [0.3, 0.4) is 0 Å². The summed E-state index contributed by atoms with van der Waals surface area (Å²) in [6.45, 7) is -1.38. The molecule has 0 fully saturated rings. The van der Waals surface area contributed by atoms with E-state index in [1.54, 1.807) is 12.1 Å². The van der Waals surface area contributed by atoms with Crippen molar-refractivity contribution < 1.29 is 27.4 Å². The Morgan fingerprint density at radius 2 is 2.04 bits per heavy atom. The number of methoxy groups -OCH3 is 1.